The fourth-order valence-electron chi connectivity index (χ4n) is 1.93. The molecule has 1 aromatic carbocycles. The zero-order chi connectivity index (χ0) is 13.8. The highest BCUT2D eigenvalue weighted by Gasteiger charge is 2.11. The van der Waals surface area contributed by atoms with Crippen LogP contribution in [0.15, 0.2) is 34.1 Å². The quantitative estimate of drug-likeness (QED) is 0.754. The molecule has 1 nitrogen and oxygen atoms in total. The lowest BCUT2D eigenvalue weighted by Gasteiger charge is -2.15. The smallest absolute Gasteiger partial charge is 0.0701 e. The molecular formula is C14H14BrCl2NS. The molecule has 1 atom stereocenters. The Kier molecular flexibility index (Phi) is 5.72. The fraction of sp³-hybridized carbons (Fsp3) is 0.286. The van der Waals surface area contributed by atoms with E-state index >= 15 is 0 Å². The van der Waals surface area contributed by atoms with Crippen LogP contribution < -0.4 is 5.32 Å². The van der Waals surface area contributed by atoms with Crippen LogP contribution in [0, 0.1) is 0 Å². The summed E-state index contributed by atoms with van der Waals surface area (Å²) in [7, 11) is 1.99. The molecule has 102 valence electrons. The number of nitrogens with one attached hydrogen (secondary N) is 1. The molecule has 0 saturated carbocycles. The number of rotatable bonds is 5. The summed E-state index contributed by atoms with van der Waals surface area (Å²) in [6.07, 6.45) is 1.94. The first-order valence-corrected chi connectivity index (χ1v) is 8.30. The number of hydrogen-bond donors (Lipinski definition) is 1. The van der Waals surface area contributed by atoms with Crippen LogP contribution in [-0.4, -0.2) is 13.1 Å². The second-order valence-electron chi connectivity index (χ2n) is 4.35. The van der Waals surface area contributed by atoms with E-state index in [1.165, 1.54) is 14.2 Å². The average molecular weight is 379 g/mol. The van der Waals surface area contributed by atoms with E-state index in [2.05, 4.69) is 33.4 Å². The molecule has 1 aromatic heterocycles. The lowest BCUT2D eigenvalue weighted by atomic mass is 10.0. The van der Waals surface area contributed by atoms with Crippen molar-refractivity contribution in [2.75, 3.05) is 7.05 Å². The van der Waals surface area contributed by atoms with Crippen molar-refractivity contribution >= 4 is 50.5 Å². The SMILES string of the molecule is CNC(Cc1ccc(Cl)c(Cl)c1)Cc1ccc(Br)s1. The molecular weight excluding hydrogens is 365 g/mol. The largest absolute Gasteiger partial charge is 0.316 e. The molecule has 0 aliphatic heterocycles. The van der Waals surface area contributed by atoms with Gasteiger partial charge in [0.2, 0.25) is 0 Å². The summed E-state index contributed by atoms with van der Waals surface area (Å²) in [6, 6.07) is 10.5. The standard InChI is InChI=1S/C14H14BrCl2NS/c1-18-10(8-11-3-5-14(15)19-11)6-9-2-4-12(16)13(17)7-9/h2-5,7,10,18H,6,8H2,1H3. The molecule has 0 radical (unpaired) electrons. The van der Waals surface area contributed by atoms with Crippen molar-refractivity contribution in [1.82, 2.24) is 5.32 Å². The van der Waals surface area contributed by atoms with Gasteiger partial charge in [-0.05, 0) is 65.6 Å². The highest BCUT2D eigenvalue weighted by atomic mass is 79.9. The van der Waals surface area contributed by atoms with E-state index < -0.39 is 0 Å². The van der Waals surface area contributed by atoms with Crippen LogP contribution in [-0.2, 0) is 12.8 Å². The third kappa shape index (κ3) is 4.47. The number of halogens is 3. The molecule has 0 spiro atoms. The van der Waals surface area contributed by atoms with E-state index in [-0.39, 0.29) is 0 Å². The lowest BCUT2D eigenvalue weighted by Crippen LogP contribution is -2.29. The maximum atomic E-state index is 6.05. The zero-order valence-electron chi connectivity index (χ0n) is 10.4. The Morgan fingerprint density at radius 1 is 1.16 bits per heavy atom. The van der Waals surface area contributed by atoms with E-state index in [1.807, 2.05) is 25.2 Å². The molecule has 2 aromatic rings. The molecule has 19 heavy (non-hydrogen) atoms. The van der Waals surface area contributed by atoms with Crippen molar-refractivity contribution in [3.8, 4) is 0 Å². The number of likely N-dealkylation sites (N-methyl/N-ethyl adjacent to an activating group) is 1. The molecule has 1 N–H and O–H groups in total. The van der Waals surface area contributed by atoms with Crippen molar-refractivity contribution < 1.29 is 0 Å². The van der Waals surface area contributed by atoms with Gasteiger partial charge in [-0.3, -0.25) is 0 Å². The van der Waals surface area contributed by atoms with Gasteiger partial charge in [0.15, 0.2) is 0 Å². The van der Waals surface area contributed by atoms with E-state index in [0.29, 0.717) is 16.1 Å². The van der Waals surface area contributed by atoms with E-state index in [9.17, 15) is 0 Å². The van der Waals surface area contributed by atoms with Crippen LogP contribution in [0.5, 0.6) is 0 Å². The number of thiophene rings is 1. The van der Waals surface area contributed by atoms with Gasteiger partial charge in [-0.25, -0.2) is 0 Å². The van der Waals surface area contributed by atoms with Crippen LogP contribution in [0.1, 0.15) is 10.4 Å². The summed E-state index contributed by atoms with van der Waals surface area (Å²) >= 11 is 17.3. The van der Waals surface area contributed by atoms with Gasteiger partial charge in [-0.2, -0.15) is 0 Å². The van der Waals surface area contributed by atoms with Crippen molar-refractivity contribution in [2.45, 2.75) is 18.9 Å². The van der Waals surface area contributed by atoms with Crippen LogP contribution in [0.4, 0.5) is 0 Å². The van der Waals surface area contributed by atoms with E-state index in [1.54, 1.807) is 11.3 Å². The van der Waals surface area contributed by atoms with Gasteiger partial charge in [-0.1, -0.05) is 29.3 Å². The Balaban J connectivity index is 2.04. The van der Waals surface area contributed by atoms with Gasteiger partial charge in [0.1, 0.15) is 0 Å². The highest BCUT2D eigenvalue weighted by Crippen LogP contribution is 2.25. The third-order valence-corrected chi connectivity index (χ3v) is 5.34. The van der Waals surface area contributed by atoms with E-state index in [4.69, 9.17) is 23.2 Å². The highest BCUT2D eigenvalue weighted by molar-refractivity contribution is 9.11. The Labute approximate surface area is 136 Å². The van der Waals surface area contributed by atoms with Gasteiger partial charge in [0.05, 0.1) is 13.8 Å². The van der Waals surface area contributed by atoms with Gasteiger partial charge in [0.25, 0.3) is 0 Å². The molecule has 0 bridgehead atoms. The third-order valence-electron chi connectivity index (χ3n) is 2.95. The number of benzene rings is 1. The van der Waals surface area contributed by atoms with Crippen LogP contribution in [0.25, 0.3) is 0 Å². The fourth-order valence-corrected chi connectivity index (χ4v) is 3.82. The molecule has 0 fully saturated rings. The maximum Gasteiger partial charge on any atom is 0.0701 e. The van der Waals surface area contributed by atoms with Crippen molar-refractivity contribution in [3.05, 3.63) is 54.6 Å². The molecule has 0 amide bonds. The molecule has 0 aliphatic rings. The second-order valence-corrected chi connectivity index (χ2v) is 7.71. The monoisotopic (exact) mass is 377 g/mol. The van der Waals surface area contributed by atoms with Gasteiger partial charge in [0, 0.05) is 10.9 Å². The van der Waals surface area contributed by atoms with Crippen LogP contribution in [0.3, 0.4) is 0 Å². The molecule has 1 unspecified atom stereocenters. The average Bonchev–Trinajstić information content (AvgIpc) is 2.78. The molecule has 5 heteroatoms. The Morgan fingerprint density at radius 3 is 2.53 bits per heavy atom. The molecule has 0 aliphatic carbocycles. The topological polar surface area (TPSA) is 12.0 Å². The minimum absolute atomic E-state index is 0.391. The summed E-state index contributed by atoms with van der Waals surface area (Å²) in [6.45, 7) is 0. The van der Waals surface area contributed by atoms with Crippen LogP contribution in [0.2, 0.25) is 10.0 Å². The first kappa shape index (κ1) is 15.3. The molecule has 2 rings (SSSR count). The van der Waals surface area contributed by atoms with Crippen molar-refractivity contribution in [3.63, 3.8) is 0 Å². The summed E-state index contributed by atoms with van der Waals surface area (Å²) in [4.78, 5) is 1.37. The van der Waals surface area contributed by atoms with Crippen molar-refractivity contribution in [2.24, 2.45) is 0 Å². The summed E-state index contributed by atoms with van der Waals surface area (Å²) in [5.74, 6) is 0. The van der Waals surface area contributed by atoms with E-state index in [0.717, 1.165) is 12.8 Å². The van der Waals surface area contributed by atoms with Gasteiger partial charge < -0.3 is 5.32 Å². The summed E-state index contributed by atoms with van der Waals surface area (Å²) in [5, 5.41) is 4.58. The zero-order valence-corrected chi connectivity index (χ0v) is 14.3. The first-order valence-electron chi connectivity index (χ1n) is 5.94. The second kappa shape index (κ2) is 7.09. The molecule has 0 saturated heterocycles. The normalized spacial score (nSPS) is 12.6. The van der Waals surface area contributed by atoms with Crippen molar-refractivity contribution in [1.29, 1.82) is 0 Å². The lowest BCUT2D eigenvalue weighted by molar-refractivity contribution is 0.560. The first-order chi connectivity index (χ1) is 9.08. The Morgan fingerprint density at radius 2 is 1.95 bits per heavy atom. The Bertz CT molecular complexity index is 556. The van der Waals surface area contributed by atoms with Gasteiger partial charge >= 0.3 is 0 Å². The predicted molar refractivity (Wildman–Crippen MR) is 88.7 cm³/mol. The summed E-state index contributed by atoms with van der Waals surface area (Å²) in [5.41, 5.74) is 1.20. The molecule has 1 heterocycles. The minimum Gasteiger partial charge on any atom is -0.316 e. The minimum atomic E-state index is 0.391. The van der Waals surface area contributed by atoms with Gasteiger partial charge in [-0.15, -0.1) is 11.3 Å². The maximum absolute atomic E-state index is 6.05. The Hall–Kier alpha value is -0.0600. The predicted octanol–water partition coefficient (Wildman–Crippen LogP) is 5.19. The summed E-state index contributed by atoms with van der Waals surface area (Å²) < 4.78 is 1.17. The number of hydrogen-bond acceptors (Lipinski definition) is 2. The van der Waals surface area contributed by atoms with Crippen LogP contribution >= 0.6 is 50.5 Å².